The molecule has 6 heteroatoms. The molecular formula is C23H25N3O3. The molecule has 0 unspecified atom stereocenters. The lowest BCUT2D eigenvalue weighted by Gasteiger charge is -2.19. The van der Waals surface area contributed by atoms with Crippen LogP contribution in [0.5, 0.6) is 5.75 Å². The number of anilines is 2. The number of hydrogen-bond donors (Lipinski definition) is 2. The fourth-order valence-corrected chi connectivity index (χ4v) is 3.08. The van der Waals surface area contributed by atoms with Gasteiger partial charge in [-0.1, -0.05) is 43.3 Å². The zero-order valence-corrected chi connectivity index (χ0v) is 16.6. The summed E-state index contributed by atoms with van der Waals surface area (Å²) in [5.74, 6) is 0.402. The van der Waals surface area contributed by atoms with Crippen molar-refractivity contribution < 1.29 is 14.3 Å². The number of nitrogens with one attached hydrogen (secondary N) is 2. The SMILES string of the molecule is CCN(CC(=O)Nc1ccc(OC)cc1)CC(=O)Nc1cccc2ccccc12. The summed E-state index contributed by atoms with van der Waals surface area (Å²) in [6, 6.07) is 20.8. The summed E-state index contributed by atoms with van der Waals surface area (Å²) in [6.07, 6.45) is 0. The molecule has 0 bridgehead atoms. The molecule has 0 fully saturated rings. The highest BCUT2D eigenvalue weighted by molar-refractivity contribution is 6.03. The Labute approximate surface area is 170 Å². The van der Waals surface area contributed by atoms with Crippen LogP contribution in [-0.2, 0) is 9.59 Å². The molecule has 0 spiro atoms. The second-order valence-corrected chi connectivity index (χ2v) is 6.65. The Balaban J connectivity index is 1.57. The Morgan fingerprint density at radius 3 is 2.21 bits per heavy atom. The maximum Gasteiger partial charge on any atom is 0.238 e. The van der Waals surface area contributed by atoms with E-state index in [1.807, 2.05) is 49.4 Å². The number of nitrogens with zero attached hydrogens (tertiary/aromatic N) is 1. The van der Waals surface area contributed by atoms with Gasteiger partial charge in [0.2, 0.25) is 11.8 Å². The standard InChI is InChI=1S/C23H25N3O3/c1-3-26(15-22(27)24-18-11-13-19(29-2)14-12-18)16-23(28)25-21-10-6-8-17-7-4-5-9-20(17)21/h4-14H,3,15-16H2,1-2H3,(H,24,27)(H,25,28). The number of carbonyl (C=O) groups excluding carboxylic acids is 2. The molecule has 3 aromatic carbocycles. The van der Waals surface area contributed by atoms with Crippen LogP contribution in [0.15, 0.2) is 66.7 Å². The van der Waals surface area contributed by atoms with Gasteiger partial charge in [-0.25, -0.2) is 0 Å². The van der Waals surface area contributed by atoms with E-state index in [0.717, 1.165) is 22.2 Å². The molecule has 0 radical (unpaired) electrons. The van der Waals surface area contributed by atoms with Crippen molar-refractivity contribution in [2.75, 3.05) is 37.4 Å². The van der Waals surface area contributed by atoms with Crippen molar-refractivity contribution in [1.29, 1.82) is 0 Å². The molecule has 0 aliphatic carbocycles. The maximum absolute atomic E-state index is 12.5. The van der Waals surface area contributed by atoms with E-state index in [-0.39, 0.29) is 24.9 Å². The first kappa shape index (κ1) is 20.4. The van der Waals surface area contributed by atoms with E-state index in [4.69, 9.17) is 4.74 Å². The first-order valence-corrected chi connectivity index (χ1v) is 9.53. The zero-order valence-electron chi connectivity index (χ0n) is 16.6. The molecule has 0 atom stereocenters. The van der Waals surface area contributed by atoms with Gasteiger partial charge in [-0.05, 0) is 42.3 Å². The van der Waals surface area contributed by atoms with Gasteiger partial charge in [0.05, 0.1) is 20.2 Å². The molecule has 3 rings (SSSR count). The number of methoxy groups -OCH3 is 1. The van der Waals surface area contributed by atoms with Gasteiger partial charge >= 0.3 is 0 Å². The third-order valence-corrected chi connectivity index (χ3v) is 4.62. The fraction of sp³-hybridized carbons (Fsp3) is 0.217. The first-order valence-electron chi connectivity index (χ1n) is 9.53. The van der Waals surface area contributed by atoms with Crippen LogP contribution in [0.2, 0.25) is 0 Å². The van der Waals surface area contributed by atoms with Crippen LogP contribution in [0.3, 0.4) is 0 Å². The second kappa shape index (κ2) is 9.71. The van der Waals surface area contributed by atoms with Crippen molar-refractivity contribution in [3.63, 3.8) is 0 Å². The van der Waals surface area contributed by atoms with Crippen molar-refractivity contribution in [3.8, 4) is 5.75 Å². The van der Waals surface area contributed by atoms with Crippen LogP contribution in [0.25, 0.3) is 10.8 Å². The quantitative estimate of drug-likeness (QED) is 0.614. The monoisotopic (exact) mass is 391 g/mol. The molecule has 0 aliphatic heterocycles. The van der Waals surface area contributed by atoms with Crippen LogP contribution >= 0.6 is 0 Å². The number of rotatable bonds is 8. The fourth-order valence-electron chi connectivity index (χ4n) is 3.08. The molecule has 0 heterocycles. The lowest BCUT2D eigenvalue weighted by Crippen LogP contribution is -2.38. The topological polar surface area (TPSA) is 70.7 Å². The Hall–Kier alpha value is -3.38. The van der Waals surface area contributed by atoms with Crippen molar-refractivity contribution in [2.45, 2.75) is 6.92 Å². The van der Waals surface area contributed by atoms with Gasteiger partial charge in [0.25, 0.3) is 0 Å². The predicted molar refractivity (Wildman–Crippen MR) is 116 cm³/mol. The highest BCUT2D eigenvalue weighted by Gasteiger charge is 2.14. The molecule has 150 valence electrons. The second-order valence-electron chi connectivity index (χ2n) is 6.65. The van der Waals surface area contributed by atoms with Crippen LogP contribution < -0.4 is 15.4 Å². The minimum absolute atomic E-state index is 0.130. The van der Waals surface area contributed by atoms with E-state index in [9.17, 15) is 9.59 Å². The van der Waals surface area contributed by atoms with Gasteiger partial charge in [-0.2, -0.15) is 0 Å². The van der Waals surface area contributed by atoms with E-state index >= 15 is 0 Å². The molecule has 29 heavy (non-hydrogen) atoms. The molecule has 0 saturated heterocycles. The summed E-state index contributed by atoms with van der Waals surface area (Å²) in [5, 5.41) is 7.85. The van der Waals surface area contributed by atoms with Crippen LogP contribution in [-0.4, -0.2) is 43.5 Å². The third-order valence-electron chi connectivity index (χ3n) is 4.62. The highest BCUT2D eigenvalue weighted by atomic mass is 16.5. The lowest BCUT2D eigenvalue weighted by molar-refractivity contribution is -0.119. The average Bonchev–Trinajstić information content (AvgIpc) is 2.74. The minimum Gasteiger partial charge on any atom is -0.497 e. The summed E-state index contributed by atoms with van der Waals surface area (Å²) in [7, 11) is 1.59. The first-order chi connectivity index (χ1) is 14.1. The van der Waals surface area contributed by atoms with Gasteiger partial charge in [0.1, 0.15) is 5.75 Å². The van der Waals surface area contributed by atoms with Crippen molar-refractivity contribution >= 4 is 34.0 Å². The average molecular weight is 391 g/mol. The number of benzene rings is 3. The molecule has 2 N–H and O–H groups in total. The maximum atomic E-state index is 12.5. The molecule has 0 saturated carbocycles. The molecule has 3 aromatic rings. The summed E-state index contributed by atoms with van der Waals surface area (Å²) >= 11 is 0. The Morgan fingerprint density at radius 1 is 0.862 bits per heavy atom. The summed E-state index contributed by atoms with van der Waals surface area (Å²) in [5.41, 5.74) is 1.46. The Kier molecular flexibility index (Phi) is 6.81. The van der Waals surface area contributed by atoms with Crippen LogP contribution in [0, 0.1) is 0 Å². The normalized spacial score (nSPS) is 10.7. The van der Waals surface area contributed by atoms with Crippen LogP contribution in [0.1, 0.15) is 6.92 Å². The smallest absolute Gasteiger partial charge is 0.238 e. The number of ether oxygens (including phenoxy) is 1. The van der Waals surface area contributed by atoms with Crippen LogP contribution in [0.4, 0.5) is 11.4 Å². The van der Waals surface area contributed by atoms with Crippen molar-refractivity contribution in [2.24, 2.45) is 0 Å². The largest absolute Gasteiger partial charge is 0.497 e. The Bertz CT molecular complexity index is 981. The van der Waals surface area contributed by atoms with E-state index in [1.165, 1.54) is 0 Å². The van der Waals surface area contributed by atoms with E-state index < -0.39 is 0 Å². The van der Waals surface area contributed by atoms with Gasteiger partial charge in [0.15, 0.2) is 0 Å². The van der Waals surface area contributed by atoms with Crippen molar-refractivity contribution in [3.05, 3.63) is 66.7 Å². The minimum atomic E-state index is -0.171. The summed E-state index contributed by atoms with van der Waals surface area (Å²) < 4.78 is 5.11. The van der Waals surface area contributed by atoms with E-state index in [1.54, 1.807) is 36.3 Å². The lowest BCUT2D eigenvalue weighted by atomic mass is 10.1. The molecule has 2 amide bonds. The predicted octanol–water partition coefficient (Wildman–Crippen LogP) is 3.75. The van der Waals surface area contributed by atoms with E-state index in [2.05, 4.69) is 10.6 Å². The summed E-state index contributed by atoms with van der Waals surface area (Å²) in [4.78, 5) is 26.7. The zero-order chi connectivity index (χ0) is 20.6. The van der Waals surface area contributed by atoms with Crippen molar-refractivity contribution in [1.82, 2.24) is 4.90 Å². The van der Waals surface area contributed by atoms with E-state index in [0.29, 0.717) is 12.2 Å². The summed E-state index contributed by atoms with van der Waals surface area (Å²) in [6.45, 7) is 2.77. The van der Waals surface area contributed by atoms with Gasteiger partial charge in [-0.3, -0.25) is 14.5 Å². The van der Waals surface area contributed by atoms with Gasteiger partial charge in [-0.15, -0.1) is 0 Å². The molecular weight excluding hydrogens is 366 g/mol. The Morgan fingerprint density at radius 2 is 1.52 bits per heavy atom. The number of amides is 2. The molecule has 0 aliphatic rings. The number of carbonyl (C=O) groups is 2. The number of hydrogen-bond acceptors (Lipinski definition) is 4. The number of fused-ring (bicyclic) bond motifs is 1. The molecule has 6 nitrogen and oxygen atoms in total. The molecule has 0 aromatic heterocycles. The highest BCUT2D eigenvalue weighted by Crippen LogP contribution is 2.22. The third kappa shape index (κ3) is 5.56. The van der Waals surface area contributed by atoms with Gasteiger partial charge < -0.3 is 15.4 Å². The van der Waals surface area contributed by atoms with Gasteiger partial charge in [0, 0.05) is 16.8 Å². The number of likely N-dealkylation sites (N-methyl/N-ethyl adjacent to an activating group) is 1.